The number of anilines is 2. The van der Waals surface area contributed by atoms with Gasteiger partial charge in [0.15, 0.2) is 5.82 Å². The summed E-state index contributed by atoms with van der Waals surface area (Å²) in [5, 5.41) is 6.41. The maximum atomic E-state index is 12.2. The third-order valence-corrected chi connectivity index (χ3v) is 3.84. The molecule has 0 aliphatic rings. The largest absolute Gasteiger partial charge is 0.360 e. The Bertz CT molecular complexity index is 759. The summed E-state index contributed by atoms with van der Waals surface area (Å²) in [5.41, 5.74) is 1.80. The van der Waals surface area contributed by atoms with E-state index in [4.69, 9.17) is 4.52 Å². The first kappa shape index (κ1) is 18.7. The van der Waals surface area contributed by atoms with E-state index in [2.05, 4.69) is 31.2 Å². The molecule has 2 amide bonds. The lowest BCUT2D eigenvalue weighted by atomic mass is 9.85. The third-order valence-electron chi connectivity index (χ3n) is 3.84. The molecular formula is C19H25N3O3. The van der Waals surface area contributed by atoms with Crippen LogP contribution in [0.5, 0.6) is 0 Å². The highest BCUT2D eigenvalue weighted by atomic mass is 16.5. The van der Waals surface area contributed by atoms with Crippen molar-refractivity contribution < 1.29 is 14.1 Å². The van der Waals surface area contributed by atoms with Crippen LogP contribution in [0, 0.1) is 6.92 Å². The van der Waals surface area contributed by atoms with Gasteiger partial charge < -0.3 is 14.7 Å². The minimum absolute atomic E-state index is 0.0956. The van der Waals surface area contributed by atoms with Crippen LogP contribution in [0.25, 0.3) is 0 Å². The minimum atomic E-state index is -0.215. The Balaban J connectivity index is 2.12. The van der Waals surface area contributed by atoms with E-state index in [0.29, 0.717) is 18.1 Å². The highest BCUT2D eigenvalue weighted by Crippen LogP contribution is 2.32. The highest BCUT2D eigenvalue weighted by Gasteiger charge is 2.23. The molecule has 0 fully saturated rings. The van der Waals surface area contributed by atoms with Gasteiger partial charge in [0.25, 0.3) is 0 Å². The van der Waals surface area contributed by atoms with Gasteiger partial charge in [0.2, 0.25) is 11.8 Å². The molecule has 0 atom stereocenters. The molecule has 0 aliphatic carbocycles. The van der Waals surface area contributed by atoms with Gasteiger partial charge in [0.05, 0.1) is 0 Å². The average Bonchev–Trinajstić information content (AvgIpc) is 2.91. The summed E-state index contributed by atoms with van der Waals surface area (Å²) in [6.07, 6.45) is 0.171. The maximum absolute atomic E-state index is 12.2. The van der Waals surface area contributed by atoms with Gasteiger partial charge in [-0.05, 0) is 24.0 Å². The fourth-order valence-electron chi connectivity index (χ4n) is 2.63. The molecule has 134 valence electrons. The van der Waals surface area contributed by atoms with Crippen molar-refractivity contribution in [1.82, 2.24) is 5.16 Å². The quantitative estimate of drug-likeness (QED) is 0.899. The van der Waals surface area contributed by atoms with E-state index in [-0.39, 0.29) is 23.7 Å². The van der Waals surface area contributed by atoms with Crippen molar-refractivity contribution in [3.63, 3.8) is 0 Å². The van der Waals surface area contributed by atoms with Crippen LogP contribution >= 0.6 is 0 Å². The van der Waals surface area contributed by atoms with Crippen molar-refractivity contribution in [3.05, 3.63) is 41.7 Å². The molecule has 0 saturated carbocycles. The number of rotatable bonds is 5. The molecule has 1 heterocycles. The van der Waals surface area contributed by atoms with Gasteiger partial charge in [0.1, 0.15) is 5.76 Å². The van der Waals surface area contributed by atoms with Crippen LogP contribution < -0.4 is 10.2 Å². The Kier molecular flexibility index (Phi) is 5.62. The summed E-state index contributed by atoms with van der Waals surface area (Å²) < 4.78 is 4.92. The van der Waals surface area contributed by atoms with E-state index >= 15 is 0 Å². The van der Waals surface area contributed by atoms with Crippen LogP contribution in [-0.2, 0) is 15.0 Å². The molecule has 0 bridgehead atoms. The van der Waals surface area contributed by atoms with E-state index in [9.17, 15) is 9.59 Å². The second-order valence-corrected chi connectivity index (χ2v) is 7.06. The Morgan fingerprint density at radius 3 is 2.48 bits per heavy atom. The van der Waals surface area contributed by atoms with E-state index < -0.39 is 0 Å². The Hall–Kier alpha value is -2.63. The standard InChI is InChI=1S/C19H25N3O3/c1-13-12-17(21-25-13)20-18(24)10-11-22(14(2)23)16-9-7-6-8-15(16)19(3,4)5/h6-9,12H,10-11H2,1-5H3,(H,20,21,24). The molecule has 0 saturated heterocycles. The number of para-hydroxylation sites is 1. The van der Waals surface area contributed by atoms with Crippen LogP contribution in [0.3, 0.4) is 0 Å². The zero-order valence-electron chi connectivity index (χ0n) is 15.4. The monoisotopic (exact) mass is 343 g/mol. The molecule has 6 nitrogen and oxygen atoms in total. The molecule has 0 aliphatic heterocycles. The summed E-state index contributed by atoms with van der Waals surface area (Å²) in [7, 11) is 0. The molecule has 1 aromatic carbocycles. The van der Waals surface area contributed by atoms with Crippen LogP contribution in [-0.4, -0.2) is 23.5 Å². The zero-order chi connectivity index (χ0) is 18.6. The Morgan fingerprint density at radius 2 is 1.92 bits per heavy atom. The molecule has 0 spiro atoms. The topological polar surface area (TPSA) is 75.4 Å². The van der Waals surface area contributed by atoms with Crippen molar-refractivity contribution in [2.75, 3.05) is 16.8 Å². The zero-order valence-corrected chi connectivity index (χ0v) is 15.4. The van der Waals surface area contributed by atoms with Gasteiger partial charge in [0, 0.05) is 31.6 Å². The summed E-state index contributed by atoms with van der Waals surface area (Å²) >= 11 is 0. The molecule has 2 rings (SSSR count). The van der Waals surface area contributed by atoms with Gasteiger partial charge in [-0.3, -0.25) is 9.59 Å². The third kappa shape index (κ3) is 4.92. The van der Waals surface area contributed by atoms with Crippen LogP contribution in [0.1, 0.15) is 45.4 Å². The summed E-state index contributed by atoms with van der Waals surface area (Å²) in [6, 6.07) is 9.45. The first-order valence-electron chi connectivity index (χ1n) is 8.29. The molecule has 1 aromatic heterocycles. The number of aromatic nitrogens is 1. The van der Waals surface area contributed by atoms with Gasteiger partial charge >= 0.3 is 0 Å². The minimum Gasteiger partial charge on any atom is -0.360 e. The van der Waals surface area contributed by atoms with Crippen molar-refractivity contribution in [1.29, 1.82) is 0 Å². The van der Waals surface area contributed by atoms with Gasteiger partial charge in [-0.1, -0.05) is 44.1 Å². The number of benzene rings is 1. The molecular weight excluding hydrogens is 318 g/mol. The predicted octanol–water partition coefficient (Wildman–Crippen LogP) is 3.66. The van der Waals surface area contributed by atoms with Crippen LogP contribution in [0.4, 0.5) is 11.5 Å². The molecule has 6 heteroatoms. The molecule has 0 unspecified atom stereocenters. The summed E-state index contributed by atoms with van der Waals surface area (Å²) in [6.45, 7) is 9.87. The lowest BCUT2D eigenvalue weighted by Gasteiger charge is -2.29. The van der Waals surface area contributed by atoms with Gasteiger partial charge in [-0.2, -0.15) is 0 Å². The second kappa shape index (κ2) is 7.51. The van der Waals surface area contributed by atoms with E-state index in [1.165, 1.54) is 6.92 Å². The molecule has 25 heavy (non-hydrogen) atoms. The van der Waals surface area contributed by atoms with Crippen molar-refractivity contribution in [3.8, 4) is 0 Å². The van der Waals surface area contributed by atoms with E-state index in [1.807, 2.05) is 24.3 Å². The van der Waals surface area contributed by atoms with Crippen molar-refractivity contribution >= 4 is 23.3 Å². The number of hydrogen-bond donors (Lipinski definition) is 1. The van der Waals surface area contributed by atoms with Crippen LogP contribution in [0.2, 0.25) is 0 Å². The lowest BCUT2D eigenvalue weighted by Crippen LogP contribution is -2.34. The first-order valence-corrected chi connectivity index (χ1v) is 8.29. The number of hydrogen-bond acceptors (Lipinski definition) is 4. The smallest absolute Gasteiger partial charge is 0.227 e. The average molecular weight is 343 g/mol. The van der Waals surface area contributed by atoms with Crippen LogP contribution in [0.15, 0.2) is 34.9 Å². The number of carbonyl (C=O) groups excluding carboxylic acids is 2. The summed E-state index contributed by atoms with van der Waals surface area (Å²) in [5.74, 6) is 0.696. The fraction of sp³-hybridized carbons (Fsp3) is 0.421. The molecule has 0 radical (unpaired) electrons. The number of amides is 2. The normalized spacial score (nSPS) is 11.2. The lowest BCUT2D eigenvalue weighted by molar-refractivity contribution is -0.117. The number of carbonyl (C=O) groups is 2. The highest BCUT2D eigenvalue weighted by molar-refractivity contribution is 5.95. The number of nitrogens with zero attached hydrogens (tertiary/aromatic N) is 2. The molecule has 2 aromatic rings. The predicted molar refractivity (Wildman–Crippen MR) is 97.7 cm³/mol. The fourth-order valence-corrected chi connectivity index (χ4v) is 2.63. The Morgan fingerprint density at radius 1 is 1.24 bits per heavy atom. The van der Waals surface area contributed by atoms with E-state index in [0.717, 1.165) is 11.3 Å². The molecule has 1 N–H and O–H groups in total. The Labute approximate surface area is 148 Å². The van der Waals surface area contributed by atoms with Gasteiger partial charge in [-0.15, -0.1) is 0 Å². The second-order valence-electron chi connectivity index (χ2n) is 7.06. The summed E-state index contributed by atoms with van der Waals surface area (Å²) in [4.78, 5) is 25.9. The number of nitrogens with one attached hydrogen (secondary N) is 1. The van der Waals surface area contributed by atoms with Gasteiger partial charge in [-0.25, -0.2) is 0 Å². The van der Waals surface area contributed by atoms with E-state index in [1.54, 1.807) is 17.9 Å². The SMILES string of the molecule is CC(=O)N(CCC(=O)Nc1cc(C)on1)c1ccccc1C(C)(C)C. The first-order chi connectivity index (χ1) is 11.7. The van der Waals surface area contributed by atoms with Crippen molar-refractivity contribution in [2.45, 2.75) is 46.5 Å². The van der Waals surface area contributed by atoms with Crippen molar-refractivity contribution in [2.24, 2.45) is 0 Å². The number of aryl methyl sites for hydroxylation is 1. The maximum Gasteiger partial charge on any atom is 0.227 e.